The Kier molecular flexibility index (Phi) is 2.49. The normalized spacial score (nSPS) is 10.7. The molecule has 0 atom stereocenters. The Balaban J connectivity index is 2.58. The van der Waals surface area contributed by atoms with Crippen LogP contribution in [0.3, 0.4) is 0 Å². The van der Waals surface area contributed by atoms with Crippen molar-refractivity contribution in [2.24, 2.45) is 7.05 Å². The summed E-state index contributed by atoms with van der Waals surface area (Å²) in [7, 11) is 1.84. The van der Waals surface area contributed by atoms with Gasteiger partial charge in [0.2, 0.25) is 0 Å². The molecule has 0 radical (unpaired) electrons. The van der Waals surface area contributed by atoms with Crippen LogP contribution in [-0.2, 0) is 7.05 Å². The molecule has 2 aromatic rings. The molecular weight excluding hydrogens is 215 g/mol. The molecule has 0 unspecified atom stereocenters. The average molecular weight is 225 g/mol. The van der Waals surface area contributed by atoms with Gasteiger partial charge in [0.05, 0.1) is 10.7 Å². The van der Waals surface area contributed by atoms with Gasteiger partial charge in [-0.25, -0.2) is 4.39 Å². The molecule has 0 aliphatic heterocycles. The number of nitrogens with zero attached hydrogens (tertiary/aromatic N) is 2. The van der Waals surface area contributed by atoms with Crippen LogP contribution in [0.4, 0.5) is 4.39 Å². The van der Waals surface area contributed by atoms with Crippen molar-refractivity contribution in [1.82, 2.24) is 9.78 Å². The fourth-order valence-corrected chi connectivity index (χ4v) is 1.60. The predicted molar refractivity (Wildman–Crippen MR) is 58.3 cm³/mol. The number of hydrogen-bond acceptors (Lipinski definition) is 1. The van der Waals surface area contributed by atoms with E-state index in [-0.39, 0.29) is 5.82 Å². The molecule has 0 aliphatic rings. The van der Waals surface area contributed by atoms with Crippen molar-refractivity contribution in [2.75, 3.05) is 0 Å². The molecule has 0 bridgehead atoms. The molecule has 0 saturated carbocycles. The SMILES string of the molecule is Cc1cc(-c2cc(F)ccc2Cl)nn1C. The molecule has 0 N–H and O–H groups in total. The standard InChI is InChI=1S/C11H10ClFN2/c1-7-5-11(14-15(7)2)9-6-8(13)3-4-10(9)12/h3-6H,1-2H3. The van der Waals surface area contributed by atoms with Crippen LogP contribution in [0.2, 0.25) is 5.02 Å². The van der Waals surface area contributed by atoms with Crippen molar-refractivity contribution in [1.29, 1.82) is 0 Å². The first-order chi connectivity index (χ1) is 7.08. The third-order valence-corrected chi connectivity index (χ3v) is 2.65. The summed E-state index contributed by atoms with van der Waals surface area (Å²) in [5.74, 6) is -0.308. The zero-order chi connectivity index (χ0) is 11.0. The lowest BCUT2D eigenvalue weighted by Crippen LogP contribution is -1.92. The van der Waals surface area contributed by atoms with Gasteiger partial charge in [-0.05, 0) is 31.2 Å². The second-order valence-electron chi connectivity index (χ2n) is 3.42. The highest BCUT2D eigenvalue weighted by Crippen LogP contribution is 2.27. The van der Waals surface area contributed by atoms with Crippen LogP contribution in [0.15, 0.2) is 24.3 Å². The fraction of sp³-hybridized carbons (Fsp3) is 0.182. The molecule has 1 aromatic carbocycles. The van der Waals surface area contributed by atoms with E-state index in [4.69, 9.17) is 11.6 Å². The summed E-state index contributed by atoms with van der Waals surface area (Å²) in [6.45, 7) is 1.93. The van der Waals surface area contributed by atoms with Crippen LogP contribution in [0.1, 0.15) is 5.69 Å². The van der Waals surface area contributed by atoms with E-state index in [0.717, 1.165) is 5.69 Å². The molecule has 2 rings (SSSR count). The summed E-state index contributed by atoms with van der Waals surface area (Å²) < 4.78 is 14.8. The first kappa shape index (κ1) is 10.2. The van der Waals surface area contributed by atoms with Crippen LogP contribution in [0.5, 0.6) is 0 Å². The Morgan fingerprint density at radius 2 is 2.07 bits per heavy atom. The Bertz CT molecular complexity index is 486. The summed E-state index contributed by atoms with van der Waals surface area (Å²) in [5.41, 5.74) is 2.32. The van der Waals surface area contributed by atoms with Crippen molar-refractivity contribution in [2.45, 2.75) is 6.92 Å². The minimum Gasteiger partial charge on any atom is -0.272 e. The van der Waals surface area contributed by atoms with Gasteiger partial charge in [-0.2, -0.15) is 5.10 Å². The zero-order valence-electron chi connectivity index (χ0n) is 8.46. The summed E-state index contributed by atoms with van der Waals surface area (Å²) >= 11 is 5.98. The molecule has 0 aliphatic carbocycles. The van der Waals surface area contributed by atoms with Gasteiger partial charge in [0.1, 0.15) is 5.82 Å². The summed E-state index contributed by atoms with van der Waals surface area (Å²) in [6.07, 6.45) is 0. The van der Waals surface area contributed by atoms with E-state index in [1.807, 2.05) is 20.0 Å². The molecule has 0 spiro atoms. The Labute approximate surface area is 92.3 Å². The van der Waals surface area contributed by atoms with E-state index in [9.17, 15) is 4.39 Å². The summed E-state index contributed by atoms with van der Waals surface area (Å²) in [4.78, 5) is 0. The lowest BCUT2D eigenvalue weighted by atomic mass is 10.1. The van der Waals surface area contributed by atoms with Gasteiger partial charge in [0, 0.05) is 18.3 Å². The van der Waals surface area contributed by atoms with Gasteiger partial charge in [0.25, 0.3) is 0 Å². The van der Waals surface area contributed by atoms with Crippen LogP contribution in [0.25, 0.3) is 11.3 Å². The van der Waals surface area contributed by atoms with Crippen LogP contribution >= 0.6 is 11.6 Å². The molecule has 15 heavy (non-hydrogen) atoms. The monoisotopic (exact) mass is 224 g/mol. The maximum absolute atomic E-state index is 13.0. The average Bonchev–Trinajstić information content (AvgIpc) is 2.51. The Morgan fingerprint density at radius 1 is 1.33 bits per heavy atom. The fourth-order valence-electron chi connectivity index (χ4n) is 1.39. The highest BCUT2D eigenvalue weighted by Gasteiger charge is 2.09. The number of halogens is 2. The molecule has 0 amide bonds. The largest absolute Gasteiger partial charge is 0.272 e. The molecule has 78 valence electrons. The molecule has 4 heteroatoms. The van der Waals surface area contributed by atoms with Crippen LogP contribution in [0, 0.1) is 12.7 Å². The molecule has 1 heterocycles. The van der Waals surface area contributed by atoms with Gasteiger partial charge in [0.15, 0.2) is 0 Å². The zero-order valence-corrected chi connectivity index (χ0v) is 9.22. The first-order valence-electron chi connectivity index (χ1n) is 4.54. The minimum atomic E-state index is -0.308. The molecule has 2 nitrogen and oxygen atoms in total. The number of rotatable bonds is 1. The Morgan fingerprint density at radius 3 is 2.67 bits per heavy atom. The third-order valence-electron chi connectivity index (χ3n) is 2.32. The summed E-state index contributed by atoms with van der Waals surface area (Å²) in [5, 5.41) is 4.76. The second-order valence-corrected chi connectivity index (χ2v) is 3.83. The second kappa shape index (κ2) is 3.66. The molecule has 0 fully saturated rings. The van der Waals surface area contributed by atoms with E-state index in [0.29, 0.717) is 16.3 Å². The smallest absolute Gasteiger partial charge is 0.123 e. The molecular formula is C11H10ClFN2. The third kappa shape index (κ3) is 1.88. The lowest BCUT2D eigenvalue weighted by Gasteiger charge is -1.99. The number of benzene rings is 1. The maximum atomic E-state index is 13.0. The predicted octanol–water partition coefficient (Wildman–Crippen LogP) is 3.19. The van der Waals surface area contributed by atoms with Crippen LogP contribution in [-0.4, -0.2) is 9.78 Å². The van der Waals surface area contributed by atoms with Crippen molar-refractivity contribution < 1.29 is 4.39 Å². The van der Waals surface area contributed by atoms with Crippen molar-refractivity contribution in [3.05, 3.63) is 40.8 Å². The maximum Gasteiger partial charge on any atom is 0.123 e. The highest BCUT2D eigenvalue weighted by molar-refractivity contribution is 6.33. The van der Waals surface area contributed by atoms with Gasteiger partial charge >= 0.3 is 0 Å². The molecule has 0 saturated heterocycles. The van der Waals surface area contributed by atoms with E-state index < -0.39 is 0 Å². The number of aryl methyl sites for hydroxylation is 2. The quantitative estimate of drug-likeness (QED) is 0.728. The van der Waals surface area contributed by atoms with Gasteiger partial charge < -0.3 is 0 Å². The van der Waals surface area contributed by atoms with E-state index in [1.165, 1.54) is 18.2 Å². The first-order valence-corrected chi connectivity index (χ1v) is 4.92. The van der Waals surface area contributed by atoms with Crippen molar-refractivity contribution >= 4 is 11.6 Å². The van der Waals surface area contributed by atoms with Gasteiger partial charge in [-0.1, -0.05) is 11.6 Å². The van der Waals surface area contributed by atoms with Crippen molar-refractivity contribution in [3.8, 4) is 11.3 Å². The van der Waals surface area contributed by atoms with E-state index >= 15 is 0 Å². The van der Waals surface area contributed by atoms with Gasteiger partial charge in [-0.15, -0.1) is 0 Å². The number of aromatic nitrogens is 2. The number of hydrogen-bond donors (Lipinski definition) is 0. The topological polar surface area (TPSA) is 17.8 Å². The lowest BCUT2D eigenvalue weighted by molar-refractivity contribution is 0.628. The summed E-state index contributed by atoms with van der Waals surface area (Å²) in [6, 6.07) is 6.14. The minimum absolute atomic E-state index is 0.308. The van der Waals surface area contributed by atoms with E-state index in [2.05, 4.69) is 5.10 Å². The molecule has 1 aromatic heterocycles. The van der Waals surface area contributed by atoms with Crippen molar-refractivity contribution in [3.63, 3.8) is 0 Å². The van der Waals surface area contributed by atoms with Crippen LogP contribution < -0.4 is 0 Å². The van der Waals surface area contributed by atoms with Gasteiger partial charge in [-0.3, -0.25) is 4.68 Å². The Hall–Kier alpha value is -1.35. The highest BCUT2D eigenvalue weighted by atomic mass is 35.5. The van der Waals surface area contributed by atoms with E-state index in [1.54, 1.807) is 4.68 Å².